The second-order valence-corrected chi connectivity index (χ2v) is 6.04. The Bertz CT molecular complexity index is 516. The first-order valence-corrected chi connectivity index (χ1v) is 7.81. The fraction of sp³-hybridized carbons (Fsp3) is 0.529. The maximum atomic E-state index is 12.3. The highest BCUT2D eigenvalue weighted by atomic mass is 16.2. The molecule has 120 valence electrons. The number of nitrogens with zero attached hydrogens (tertiary/aromatic N) is 2. The number of hydrogen-bond acceptors (Lipinski definition) is 3. The average Bonchev–Trinajstić information content (AvgIpc) is 2.54. The van der Waals surface area contributed by atoms with Gasteiger partial charge in [0.25, 0.3) is 0 Å². The van der Waals surface area contributed by atoms with Gasteiger partial charge in [-0.25, -0.2) is 0 Å². The van der Waals surface area contributed by atoms with Crippen molar-refractivity contribution in [3.05, 3.63) is 35.9 Å². The Labute approximate surface area is 132 Å². The molecule has 1 aromatic rings. The van der Waals surface area contributed by atoms with Crippen molar-refractivity contribution in [2.75, 3.05) is 26.7 Å². The smallest absolute Gasteiger partial charge is 0.243 e. The first kappa shape index (κ1) is 16.5. The molecule has 22 heavy (non-hydrogen) atoms. The van der Waals surface area contributed by atoms with Gasteiger partial charge in [-0.15, -0.1) is 0 Å². The highest BCUT2D eigenvalue weighted by Crippen LogP contribution is 2.16. The lowest BCUT2D eigenvalue weighted by atomic mass is 10.1. The van der Waals surface area contributed by atoms with Gasteiger partial charge < -0.3 is 10.2 Å². The molecule has 0 aliphatic carbocycles. The van der Waals surface area contributed by atoms with E-state index in [0.717, 1.165) is 13.1 Å². The van der Waals surface area contributed by atoms with E-state index in [2.05, 4.69) is 22.3 Å². The third-order valence-corrected chi connectivity index (χ3v) is 4.04. The number of benzene rings is 1. The molecule has 5 nitrogen and oxygen atoms in total. The van der Waals surface area contributed by atoms with Gasteiger partial charge in [-0.2, -0.15) is 0 Å². The predicted molar refractivity (Wildman–Crippen MR) is 86.1 cm³/mol. The summed E-state index contributed by atoms with van der Waals surface area (Å²) in [5.74, 6) is -0.132. The van der Waals surface area contributed by atoms with Gasteiger partial charge in [-0.1, -0.05) is 44.2 Å². The van der Waals surface area contributed by atoms with Gasteiger partial charge in [-0.3, -0.25) is 14.5 Å². The minimum Gasteiger partial charge on any atom is -0.357 e. The summed E-state index contributed by atoms with van der Waals surface area (Å²) in [5.41, 5.74) is 1.22. The number of amides is 2. The lowest BCUT2D eigenvalue weighted by Gasteiger charge is -2.41. The minimum absolute atomic E-state index is 0.0490. The van der Waals surface area contributed by atoms with Crippen molar-refractivity contribution in [1.29, 1.82) is 0 Å². The van der Waals surface area contributed by atoms with Crippen LogP contribution in [-0.2, 0) is 16.1 Å². The topological polar surface area (TPSA) is 52.7 Å². The first-order valence-electron chi connectivity index (χ1n) is 7.81. The zero-order valence-corrected chi connectivity index (χ0v) is 13.6. The number of nitrogens with one attached hydrogen (secondary N) is 1. The van der Waals surface area contributed by atoms with E-state index in [0.29, 0.717) is 13.1 Å². The van der Waals surface area contributed by atoms with Crippen molar-refractivity contribution in [2.45, 2.75) is 26.4 Å². The largest absolute Gasteiger partial charge is 0.357 e. The highest BCUT2D eigenvalue weighted by molar-refractivity contribution is 5.88. The van der Waals surface area contributed by atoms with Gasteiger partial charge in [0.2, 0.25) is 11.8 Å². The third kappa shape index (κ3) is 3.85. The number of rotatable bonds is 4. The number of carbonyl (C=O) groups is 2. The number of likely N-dealkylation sites (N-methyl/N-ethyl adjacent to an activating group) is 1. The maximum absolute atomic E-state index is 12.3. The molecule has 0 radical (unpaired) electrons. The molecule has 0 unspecified atom stereocenters. The van der Waals surface area contributed by atoms with Crippen molar-refractivity contribution in [3.63, 3.8) is 0 Å². The van der Waals surface area contributed by atoms with Crippen molar-refractivity contribution >= 4 is 11.8 Å². The normalized spacial score (nSPS) is 19.3. The Hall–Kier alpha value is -1.88. The molecule has 2 rings (SSSR count). The second-order valence-electron chi connectivity index (χ2n) is 6.04. The second kappa shape index (κ2) is 7.40. The monoisotopic (exact) mass is 303 g/mol. The van der Waals surface area contributed by atoms with Gasteiger partial charge in [0, 0.05) is 39.1 Å². The third-order valence-electron chi connectivity index (χ3n) is 4.04. The Morgan fingerprint density at radius 1 is 1.23 bits per heavy atom. The summed E-state index contributed by atoms with van der Waals surface area (Å²) in [7, 11) is 1.62. The zero-order valence-electron chi connectivity index (χ0n) is 13.6. The summed E-state index contributed by atoms with van der Waals surface area (Å²) in [4.78, 5) is 28.5. The van der Waals surface area contributed by atoms with Gasteiger partial charge in [-0.05, 0) is 5.56 Å². The molecule has 0 saturated carbocycles. The zero-order chi connectivity index (χ0) is 16.1. The van der Waals surface area contributed by atoms with Gasteiger partial charge in [0.15, 0.2) is 0 Å². The van der Waals surface area contributed by atoms with Crippen LogP contribution in [-0.4, -0.2) is 54.3 Å². The summed E-state index contributed by atoms with van der Waals surface area (Å²) >= 11 is 0. The van der Waals surface area contributed by atoms with Crippen LogP contribution in [0.1, 0.15) is 19.4 Å². The standard InChI is InChI=1S/C17H25N3O2/c1-13(2)17(22)20-10-9-19(12-15(20)16(21)18-3)11-14-7-5-4-6-8-14/h4-8,13,15H,9-12H2,1-3H3,(H,18,21)/t15-/m0/s1. The maximum Gasteiger partial charge on any atom is 0.243 e. The van der Waals surface area contributed by atoms with Crippen molar-refractivity contribution in [1.82, 2.24) is 15.1 Å². The summed E-state index contributed by atoms with van der Waals surface area (Å²) in [6.45, 7) is 6.52. The molecular weight excluding hydrogens is 278 g/mol. The van der Waals surface area contributed by atoms with Crippen LogP contribution in [0.5, 0.6) is 0 Å². The summed E-state index contributed by atoms with van der Waals surface area (Å²) in [6, 6.07) is 9.79. The van der Waals surface area contributed by atoms with Crippen molar-refractivity contribution in [3.8, 4) is 0 Å². The average molecular weight is 303 g/mol. The van der Waals surface area contributed by atoms with E-state index in [1.165, 1.54) is 5.56 Å². The molecular formula is C17H25N3O2. The van der Waals surface area contributed by atoms with Gasteiger partial charge >= 0.3 is 0 Å². The quantitative estimate of drug-likeness (QED) is 0.906. The molecule has 1 N–H and O–H groups in total. The molecule has 1 aromatic carbocycles. The fourth-order valence-corrected chi connectivity index (χ4v) is 2.81. The summed E-state index contributed by atoms with van der Waals surface area (Å²) in [6.07, 6.45) is 0. The molecule has 1 saturated heterocycles. The fourth-order valence-electron chi connectivity index (χ4n) is 2.81. The van der Waals surface area contributed by atoms with Gasteiger partial charge in [0.05, 0.1) is 0 Å². The Kier molecular flexibility index (Phi) is 5.55. The number of carbonyl (C=O) groups excluding carboxylic acids is 2. The van der Waals surface area contributed by atoms with Crippen LogP contribution >= 0.6 is 0 Å². The number of piperazine rings is 1. The molecule has 1 fully saturated rings. The Morgan fingerprint density at radius 2 is 1.91 bits per heavy atom. The summed E-state index contributed by atoms with van der Waals surface area (Å²) < 4.78 is 0. The molecule has 1 aliphatic heterocycles. The van der Waals surface area contributed by atoms with Crippen LogP contribution in [0.25, 0.3) is 0 Å². The van der Waals surface area contributed by atoms with Crippen LogP contribution in [0.2, 0.25) is 0 Å². The Balaban J connectivity index is 2.08. The first-order chi connectivity index (χ1) is 10.5. The van der Waals surface area contributed by atoms with Crippen LogP contribution in [0, 0.1) is 5.92 Å². The molecule has 0 bridgehead atoms. The van der Waals surface area contributed by atoms with Crippen LogP contribution in [0.4, 0.5) is 0 Å². The molecule has 0 spiro atoms. The summed E-state index contributed by atoms with van der Waals surface area (Å²) in [5, 5.41) is 2.68. The predicted octanol–water partition coefficient (Wildman–Crippen LogP) is 1.10. The van der Waals surface area contributed by atoms with E-state index in [-0.39, 0.29) is 17.7 Å². The molecule has 1 heterocycles. The molecule has 5 heteroatoms. The van der Waals surface area contributed by atoms with Crippen LogP contribution < -0.4 is 5.32 Å². The van der Waals surface area contributed by atoms with Crippen LogP contribution in [0.15, 0.2) is 30.3 Å². The van der Waals surface area contributed by atoms with Crippen molar-refractivity contribution < 1.29 is 9.59 Å². The molecule has 2 amide bonds. The molecule has 1 aliphatic rings. The van der Waals surface area contributed by atoms with E-state index in [1.807, 2.05) is 32.0 Å². The van der Waals surface area contributed by atoms with Crippen molar-refractivity contribution in [2.24, 2.45) is 5.92 Å². The lowest BCUT2D eigenvalue weighted by molar-refractivity contribution is -0.146. The SMILES string of the molecule is CNC(=O)[C@@H]1CN(Cc2ccccc2)CCN1C(=O)C(C)C. The van der Waals surface area contributed by atoms with E-state index >= 15 is 0 Å². The minimum atomic E-state index is -0.405. The van der Waals surface area contributed by atoms with E-state index in [1.54, 1.807) is 11.9 Å². The Morgan fingerprint density at radius 3 is 2.50 bits per heavy atom. The van der Waals surface area contributed by atoms with E-state index in [4.69, 9.17) is 0 Å². The highest BCUT2D eigenvalue weighted by Gasteiger charge is 2.35. The van der Waals surface area contributed by atoms with E-state index in [9.17, 15) is 9.59 Å². The number of hydrogen-bond donors (Lipinski definition) is 1. The van der Waals surface area contributed by atoms with E-state index < -0.39 is 6.04 Å². The lowest BCUT2D eigenvalue weighted by Crippen LogP contribution is -2.60. The molecule has 1 atom stereocenters. The molecule has 0 aromatic heterocycles. The van der Waals surface area contributed by atoms with Gasteiger partial charge in [0.1, 0.15) is 6.04 Å². The van der Waals surface area contributed by atoms with Crippen LogP contribution in [0.3, 0.4) is 0 Å².